The molecule has 1 spiro atoms. The molecule has 1 aromatic rings. The van der Waals surface area contributed by atoms with Crippen molar-refractivity contribution in [1.82, 2.24) is 16.0 Å². The molecule has 1 atom stereocenters. The molecule has 1 saturated heterocycles. The van der Waals surface area contributed by atoms with E-state index in [1.54, 1.807) is 12.1 Å². The van der Waals surface area contributed by atoms with Gasteiger partial charge in [0.1, 0.15) is 0 Å². The average Bonchev–Trinajstić information content (AvgIpc) is 3.28. The first-order valence-electron chi connectivity index (χ1n) is 8.63. The Balaban J connectivity index is 0.00000225. The maximum Gasteiger partial charge on any atom is 0.251 e. The molecular formula is C18H25BrClN3O2. The summed E-state index contributed by atoms with van der Waals surface area (Å²) in [6, 6.07) is 7.31. The van der Waals surface area contributed by atoms with Gasteiger partial charge in [0.2, 0.25) is 5.91 Å². The second-order valence-corrected chi connectivity index (χ2v) is 7.70. The van der Waals surface area contributed by atoms with Crippen LogP contribution in [0.15, 0.2) is 28.7 Å². The minimum Gasteiger partial charge on any atom is -0.356 e. The van der Waals surface area contributed by atoms with Gasteiger partial charge in [-0.2, -0.15) is 0 Å². The molecule has 2 aliphatic rings. The largest absolute Gasteiger partial charge is 0.356 e. The maximum absolute atomic E-state index is 12.2. The second-order valence-electron chi connectivity index (χ2n) is 6.78. The summed E-state index contributed by atoms with van der Waals surface area (Å²) in [5.41, 5.74) is 0.920. The third-order valence-electron chi connectivity index (χ3n) is 5.13. The van der Waals surface area contributed by atoms with E-state index in [1.165, 1.54) is 0 Å². The van der Waals surface area contributed by atoms with Gasteiger partial charge in [-0.3, -0.25) is 9.59 Å². The smallest absolute Gasteiger partial charge is 0.251 e. The van der Waals surface area contributed by atoms with Crippen LogP contribution in [0, 0.1) is 11.3 Å². The Morgan fingerprint density at radius 1 is 1.20 bits per heavy atom. The highest BCUT2D eigenvalue weighted by atomic mass is 79.9. The number of hydrogen-bond donors (Lipinski definition) is 3. The average molecular weight is 431 g/mol. The fourth-order valence-corrected chi connectivity index (χ4v) is 3.95. The number of carbonyl (C=O) groups is 2. The van der Waals surface area contributed by atoms with Crippen LogP contribution >= 0.6 is 28.3 Å². The monoisotopic (exact) mass is 429 g/mol. The number of nitrogens with one attached hydrogen (secondary N) is 3. The van der Waals surface area contributed by atoms with Gasteiger partial charge in [-0.05, 0) is 62.4 Å². The quantitative estimate of drug-likeness (QED) is 0.607. The zero-order valence-electron chi connectivity index (χ0n) is 14.1. The Morgan fingerprint density at radius 2 is 1.92 bits per heavy atom. The van der Waals surface area contributed by atoms with E-state index < -0.39 is 0 Å². The highest BCUT2D eigenvalue weighted by Gasteiger charge is 2.57. The topological polar surface area (TPSA) is 70.2 Å². The van der Waals surface area contributed by atoms with Crippen molar-refractivity contribution >= 4 is 40.2 Å². The molecule has 1 heterocycles. The molecule has 0 radical (unpaired) electrons. The lowest BCUT2D eigenvalue weighted by molar-refractivity contribution is -0.123. The number of amides is 2. The molecule has 5 nitrogen and oxygen atoms in total. The molecule has 1 unspecified atom stereocenters. The third-order valence-corrected chi connectivity index (χ3v) is 5.62. The highest BCUT2D eigenvalue weighted by Crippen LogP contribution is 2.58. The number of hydrogen-bond acceptors (Lipinski definition) is 3. The molecule has 1 aliphatic heterocycles. The minimum absolute atomic E-state index is 0. The Labute approximate surface area is 163 Å². The number of carbonyl (C=O) groups excluding carboxylic acids is 2. The molecule has 2 fully saturated rings. The number of piperidine rings is 1. The molecule has 1 aromatic carbocycles. The van der Waals surface area contributed by atoms with Crippen LogP contribution in [0.25, 0.3) is 0 Å². The van der Waals surface area contributed by atoms with Gasteiger partial charge >= 0.3 is 0 Å². The number of benzene rings is 1. The van der Waals surface area contributed by atoms with Crippen LogP contribution in [0.4, 0.5) is 0 Å². The molecule has 2 amide bonds. The van der Waals surface area contributed by atoms with Crippen molar-refractivity contribution in [1.29, 1.82) is 0 Å². The highest BCUT2D eigenvalue weighted by molar-refractivity contribution is 9.10. The molecule has 0 bridgehead atoms. The molecule has 3 N–H and O–H groups in total. The fourth-order valence-electron chi connectivity index (χ4n) is 3.55. The van der Waals surface area contributed by atoms with Crippen molar-refractivity contribution in [2.24, 2.45) is 11.3 Å². The van der Waals surface area contributed by atoms with Crippen molar-refractivity contribution in [3.63, 3.8) is 0 Å². The Bertz CT molecular complexity index is 620. The van der Waals surface area contributed by atoms with Crippen molar-refractivity contribution in [3.8, 4) is 0 Å². The van der Waals surface area contributed by atoms with E-state index in [4.69, 9.17) is 0 Å². The van der Waals surface area contributed by atoms with Crippen LogP contribution in [-0.2, 0) is 4.79 Å². The fraction of sp³-hybridized carbons (Fsp3) is 0.556. The van der Waals surface area contributed by atoms with Crippen LogP contribution in [0.2, 0.25) is 0 Å². The zero-order chi connectivity index (χ0) is 17.0. The van der Waals surface area contributed by atoms with Crippen LogP contribution in [0.1, 0.15) is 36.0 Å². The van der Waals surface area contributed by atoms with Crippen LogP contribution in [0.5, 0.6) is 0 Å². The minimum atomic E-state index is -0.0847. The zero-order valence-corrected chi connectivity index (χ0v) is 16.5. The predicted molar refractivity (Wildman–Crippen MR) is 104 cm³/mol. The summed E-state index contributed by atoms with van der Waals surface area (Å²) in [6.07, 6.45) is 4.02. The SMILES string of the molecule is Cl.O=C(NCCCNC(=O)C1CC12CCNCC2)c1cccc(Br)c1. The summed E-state index contributed by atoms with van der Waals surface area (Å²) in [4.78, 5) is 24.2. The first-order valence-corrected chi connectivity index (χ1v) is 9.42. The summed E-state index contributed by atoms with van der Waals surface area (Å²) >= 11 is 3.36. The lowest BCUT2D eigenvalue weighted by Gasteiger charge is -2.23. The normalized spacial score (nSPS) is 20.4. The van der Waals surface area contributed by atoms with Gasteiger partial charge in [-0.15, -0.1) is 12.4 Å². The van der Waals surface area contributed by atoms with E-state index in [0.717, 1.165) is 43.2 Å². The van der Waals surface area contributed by atoms with Crippen LogP contribution in [-0.4, -0.2) is 38.0 Å². The Hall–Kier alpha value is -1.11. The van der Waals surface area contributed by atoms with Crippen LogP contribution < -0.4 is 16.0 Å². The van der Waals surface area contributed by atoms with Gasteiger partial charge in [-0.25, -0.2) is 0 Å². The maximum atomic E-state index is 12.2. The van der Waals surface area contributed by atoms with Gasteiger partial charge in [0.05, 0.1) is 0 Å². The van der Waals surface area contributed by atoms with Crippen molar-refractivity contribution in [3.05, 3.63) is 34.3 Å². The number of halogens is 2. The van der Waals surface area contributed by atoms with Crippen molar-refractivity contribution in [2.45, 2.75) is 25.7 Å². The molecule has 1 aliphatic carbocycles. The molecular weight excluding hydrogens is 406 g/mol. The predicted octanol–water partition coefficient (Wildman–Crippen LogP) is 2.50. The van der Waals surface area contributed by atoms with Gasteiger partial charge in [0.25, 0.3) is 5.91 Å². The molecule has 138 valence electrons. The first-order chi connectivity index (χ1) is 11.6. The van der Waals surface area contributed by atoms with E-state index in [2.05, 4.69) is 31.9 Å². The van der Waals surface area contributed by atoms with E-state index in [1.807, 2.05) is 12.1 Å². The van der Waals surface area contributed by atoms with Gasteiger partial charge in [0, 0.05) is 29.0 Å². The van der Waals surface area contributed by atoms with Gasteiger partial charge in [-0.1, -0.05) is 22.0 Å². The number of rotatable bonds is 6. The molecule has 7 heteroatoms. The van der Waals surface area contributed by atoms with Gasteiger partial charge in [0.15, 0.2) is 0 Å². The summed E-state index contributed by atoms with van der Waals surface area (Å²) in [5.74, 6) is 0.310. The lowest BCUT2D eigenvalue weighted by atomic mass is 9.92. The molecule has 0 aromatic heterocycles. The summed E-state index contributed by atoms with van der Waals surface area (Å²) < 4.78 is 0.888. The Kier molecular flexibility index (Phi) is 7.28. The van der Waals surface area contributed by atoms with Crippen molar-refractivity contribution in [2.75, 3.05) is 26.2 Å². The van der Waals surface area contributed by atoms with Crippen molar-refractivity contribution < 1.29 is 9.59 Å². The lowest BCUT2D eigenvalue weighted by Crippen LogP contribution is -2.34. The summed E-state index contributed by atoms with van der Waals surface area (Å²) in [6.45, 7) is 3.24. The molecule has 25 heavy (non-hydrogen) atoms. The first kappa shape index (κ1) is 20.2. The van der Waals surface area contributed by atoms with E-state index in [-0.39, 0.29) is 35.6 Å². The standard InChI is InChI=1S/C18H24BrN3O2.ClH/c19-14-4-1-3-13(11-14)16(23)21-7-2-8-22-17(24)15-12-18(15)5-9-20-10-6-18;/h1,3-4,11,15,20H,2,5-10,12H2,(H,21,23)(H,22,24);1H. The summed E-state index contributed by atoms with van der Waals surface area (Å²) in [5, 5.41) is 9.26. The third kappa shape index (κ3) is 5.19. The molecule has 3 rings (SSSR count). The van der Waals surface area contributed by atoms with E-state index in [9.17, 15) is 9.59 Å². The Morgan fingerprint density at radius 3 is 2.64 bits per heavy atom. The van der Waals surface area contributed by atoms with E-state index >= 15 is 0 Å². The van der Waals surface area contributed by atoms with E-state index in [0.29, 0.717) is 18.7 Å². The van der Waals surface area contributed by atoms with Crippen LogP contribution in [0.3, 0.4) is 0 Å². The molecule has 1 saturated carbocycles. The second kappa shape index (κ2) is 9.01. The summed E-state index contributed by atoms with van der Waals surface area (Å²) in [7, 11) is 0. The van der Waals surface area contributed by atoms with Gasteiger partial charge < -0.3 is 16.0 Å².